The van der Waals surface area contributed by atoms with E-state index in [2.05, 4.69) is 5.10 Å². The van der Waals surface area contributed by atoms with Crippen molar-refractivity contribution in [1.29, 1.82) is 0 Å². The number of alkyl halides is 4. The summed E-state index contributed by atoms with van der Waals surface area (Å²) in [5, 5.41) is 4.39. The third-order valence-electron chi connectivity index (χ3n) is 7.39. The van der Waals surface area contributed by atoms with E-state index in [0.717, 1.165) is 11.6 Å². The number of rotatable bonds is 6. The third kappa shape index (κ3) is 5.44. The van der Waals surface area contributed by atoms with E-state index in [1.165, 1.54) is 40.8 Å². The summed E-state index contributed by atoms with van der Waals surface area (Å²) in [6.45, 7) is 4.15. The van der Waals surface area contributed by atoms with Gasteiger partial charge in [-0.05, 0) is 49.9 Å². The number of aromatic nitrogens is 2. The first-order chi connectivity index (χ1) is 18.5. The van der Waals surface area contributed by atoms with Gasteiger partial charge in [0.2, 0.25) is 0 Å². The van der Waals surface area contributed by atoms with Crippen molar-refractivity contribution < 1.29 is 26.7 Å². The molecule has 2 aliphatic rings. The molecule has 0 N–H and O–H groups in total. The van der Waals surface area contributed by atoms with Crippen molar-refractivity contribution in [2.45, 2.75) is 64.7 Å². The molecule has 3 aromatic rings. The van der Waals surface area contributed by atoms with Crippen LogP contribution in [0.15, 0.2) is 48.7 Å². The maximum absolute atomic E-state index is 14.6. The number of anilines is 2. The molecule has 2 aliphatic heterocycles. The molecule has 1 atom stereocenters. The number of nitrogens with zero attached hydrogens (tertiary/aromatic N) is 5. The zero-order valence-corrected chi connectivity index (χ0v) is 21.8. The van der Waals surface area contributed by atoms with Gasteiger partial charge in [-0.15, -0.1) is 0 Å². The lowest BCUT2D eigenvalue weighted by molar-refractivity contribution is -0.138. The van der Waals surface area contributed by atoms with E-state index in [1.54, 1.807) is 17.2 Å². The predicted molar refractivity (Wildman–Crippen MR) is 138 cm³/mol. The van der Waals surface area contributed by atoms with Gasteiger partial charge in [0.25, 0.3) is 0 Å². The summed E-state index contributed by atoms with van der Waals surface area (Å²) in [7, 11) is 0. The minimum Gasteiger partial charge on any atom is -0.369 e. The van der Waals surface area contributed by atoms with E-state index in [1.807, 2.05) is 17.9 Å². The first-order valence-corrected chi connectivity index (χ1v) is 13.0. The van der Waals surface area contributed by atoms with E-state index in [0.29, 0.717) is 37.2 Å². The molecule has 0 bridgehead atoms. The SMILES string of the molecule is Cc1cccc(F)c1N1CCC(N2Cc3cn(C[C@@H](C)F)nc3N(Cc3ccccc3C(F)(F)F)C2=O)CC1. The number of urea groups is 1. The number of fused-ring (bicyclic) bond motifs is 1. The van der Waals surface area contributed by atoms with Gasteiger partial charge >= 0.3 is 12.2 Å². The molecule has 0 spiro atoms. The number of carbonyl (C=O) groups is 1. The number of aryl methyl sites for hydroxylation is 1. The van der Waals surface area contributed by atoms with Crippen LogP contribution in [0.3, 0.4) is 0 Å². The molecule has 1 saturated heterocycles. The van der Waals surface area contributed by atoms with Crippen molar-refractivity contribution in [2.24, 2.45) is 0 Å². The molecular formula is C28H30F5N5O. The summed E-state index contributed by atoms with van der Waals surface area (Å²) in [5.41, 5.74) is 1.16. The molecule has 0 aliphatic carbocycles. The van der Waals surface area contributed by atoms with Gasteiger partial charge in [0.05, 0.1) is 30.9 Å². The number of benzene rings is 2. The average Bonchev–Trinajstić information content (AvgIpc) is 3.27. The van der Waals surface area contributed by atoms with E-state index in [-0.39, 0.29) is 42.9 Å². The molecule has 0 unspecified atom stereocenters. The van der Waals surface area contributed by atoms with Gasteiger partial charge in [0.15, 0.2) is 5.82 Å². The van der Waals surface area contributed by atoms with Crippen LogP contribution in [0.2, 0.25) is 0 Å². The Morgan fingerprint density at radius 1 is 1.08 bits per heavy atom. The number of hydrogen-bond donors (Lipinski definition) is 0. The fraction of sp³-hybridized carbons (Fsp3) is 0.429. The number of carbonyl (C=O) groups excluding carboxylic acids is 1. The molecule has 0 saturated carbocycles. The quantitative estimate of drug-likeness (QED) is 0.340. The zero-order valence-electron chi connectivity index (χ0n) is 21.8. The Hall–Kier alpha value is -3.63. The van der Waals surface area contributed by atoms with E-state index >= 15 is 0 Å². The first kappa shape index (κ1) is 27.0. The number of para-hydroxylation sites is 1. The van der Waals surface area contributed by atoms with Gasteiger partial charge in [-0.3, -0.25) is 9.58 Å². The maximum atomic E-state index is 14.6. The summed E-state index contributed by atoms with van der Waals surface area (Å²) < 4.78 is 70.9. The molecule has 1 fully saturated rings. The Morgan fingerprint density at radius 2 is 1.79 bits per heavy atom. The number of hydrogen-bond acceptors (Lipinski definition) is 3. The average molecular weight is 548 g/mol. The molecule has 0 radical (unpaired) electrons. The number of halogens is 5. The Kier molecular flexibility index (Phi) is 7.26. The molecular weight excluding hydrogens is 517 g/mol. The van der Waals surface area contributed by atoms with Gasteiger partial charge < -0.3 is 9.80 Å². The molecule has 208 valence electrons. The Bertz CT molecular complexity index is 1330. The molecule has 2 aromatic carbocycles. The predicted octanol–water partition coefficient (Wildman–Crippen LogP) is 6.32. The van der Waals surface area contributed by atoms with E-state index in [4.69, 9.17) is 0 Å². The lowest BCUT2D eigenvalue weighted by Crippen LogP contribution is -2.54. The van der Waals surface area contributed by atoms with Crippen molar-refractivity contribution in [2.75, 3.05) is 22.9 Å². The summed E-state index contributed by atoms with van der Waals surface area (Å²) >= 11 is 0. The second-order valence-corrected chi connectivity index (χ2v) is 10.3. The normalized spacial score (nSPS) is 17.5. The van der Waals surface area contributed by atoms with Crippen LogP contribution >= 0.6 is 0 Å². The van der Waals surface area contributed by atoms with Crippen LogP contribution in [0.4, 0.5) is 38.3 Å². The highest BCUT2D eigenvalue weighted by Gasteiger charge is 2.40. The molecule has 1 aromatic heterocycles. The van der Waals surface area contributed by atoms with Crippen LogP contribution in [0.1, 0.15) is 42.0 Å². The van der Waals surface area contributed by atoms with Crippen LogP contribution in [-0.4, -0.2) is 46.0 Å². The molecule has 6 nitrogen and oxygen atoms in total. The fourth-order valence-electron chi connectivity index (χ4n) is 5.60. The zero-order chi connectivity index (χ0) is 27.9. The molecule has 3 heterocycles. The second-order valence-electron chi connectivity index (χ2n) is 10.3. The summed E-state index contributed by atoms with van der Waals surface area (Å²) in [4.78, 5) is 18.7. The van der Waals surface area contributed by atoms with Gasteiger partial charge in [0.1, 0.15) is 12.0 Å². The minimum absolute atomic E-state index is 0.0332. The standard InChI is InChI=1S/C28H30F5N5O/c1-18-6-5-9-24(30)25(18)35-12-10-22(11-13-35)37-17-21-15-36(14-19(2)29)34-26(21)38(27(37)39)16-20-7-3-4-8-23(20)28(31,32)33/h3-9,15,19,22H,10-14,16-17H2,1-2H3/t19-/m1/s1. The van der Waals surface area contributed by atoms with Crippen LogP contribution < -0.4 is 9.80 Å². The van der Waals surface area contributed by atoms with Crippen molar-refractivity contribution >= 4 is 17.5 Å². The van der Waals surface area contributed by atoms with Gasteiger partial charge in [0, 0.05) is 30.9 Å². The van der Waals surface area contributed by atoms with Crippen LogP contribution in [0.5, 0.6) is 0 Å². The van der Waals surface area contributed by atoms with Crippen LogP contribution in [0, 0.1) is 12.7 Å². The first-order valence-electron chi connectivity index (χ1n) is 13.0. The number of amides is 2. The van der Waals surface area contributed by atoms with Crippen molar-refractivity contribution in [3.63, 3.8) is 0 Å². The summed E-state index contributed by atoms with van der Waals surface area (Å²) in [6, 6.07) is 9.46. The molecule has 39 heavy (non-hydrogen) atoms. The second kappa shape index (κ2) is 10.5. The molecule has 2 amide bonds. The highest BCUT2D eigenvalue weighted by atomic mass is 19.4. The van der Waals surface area contributed by atoms with Gasteiger partial charge in [-0.2, -0.15) is 18.3 Å². The maximum Gasteiger partial charge on any atom is 0.416 e. The van der Waals surface area contributed by atoms with Crippen molar-refractivity contribution in [3.05, 3.63) is 76.7 Å². The monoisotopic (exact) mass is 547 g/mol. The van der Waals surface area contributed by atoms with Crippen molar-refractivity contribution in [3.8, 4) is 0 Å². The number of piperidine rings is 1. The van der Waals surface area contributed by atoms with Gasteiger partial charge in [-0.1, -0.05) is 30.3 Å². The Labute approximate surface area is 223 Å². The molecule has 11 heteroatoms. The smallest absolute Gasteiger partial charge is 0.369 e. The third-order valence-corrected chi connectivity index (χ3v) is 7.39. The fourth-order valence-corrected chi connectivity index (χ4v) is 5.60. The molecule has 5 rings (SSSR count). The van der Waals surface area contributed by atoms with Gasteiger partial charge in [-0.25, -0.2) is 13.6 Å². The minimum atomic E-state index is -4.58. The van der Waals surface area contributed by atoms with E-state index < -0.39 is 23.9 Å². The topological polar surface area (TPSA) is 44.6 Å². The Morgan fingerprint density at radius 3 is 2.46 bits per heavy atom. The Balaban J connectivity index is 1.42. The highest BCUT2D eigenvalue weighted by Crippen LogP contribution is 2.37. The van der Waals surface area contributed by atoms with Crippen LogP contribution in [0.25, 0.3) is 0 Å². The van der Waals surface area contributed by atoms with Crippen molar-refractivity contribution in [1.82, 2.24) is 14.7 Å². The summed E-state index contributed by atoms with van der Waals surface area (Å²) in [6.07, 6.45) is -2.98. The summed E-state index contributed by atoms with van der Waals surface area (Å²) in [5.74, 6) is -0.0514. The lowest BCUT2D eigenvalue weighted by atomic mass is 10.00. The van der Waals surface area contributed by atoms with E-state index in [9.17, 15) is 26.7 Å². The highest BCUT2D eigenvalue weighted by molar-refractivity contribution is 5.94. The largest absolute Gasteiger partial charge is 0.416 e. The van der Waals surface area contributed by atoms with Crippen LogP contribution in [-0.2, 0) is 25.8 Å². The lowest BCUT2D eigenvalue weighted by Gasteiger charge is -2.43.